The van der Waals surface area contributed by atoms with Crippen molar-refractivity contribution in [3.63, 3.8) is 0 Å². The summed E-state index contributed by atoms with van der Waals surface area (Å²) in [4.78, 5) is 0. The average molecular weight is 178 g/mol. The Morgan fingerprint density at radius 1 is 1.20 bits per heavy atom. The molecule has 2 unspecified atom stereocenters. The molecule has 0 N–H and O–H groups in total. The van der Waals surface area contributed by atoms with Crippen LogP contribution in [0.15, 0.2) is 0 Å². The number of thiol groups is 2. The fraction of sp³-hybridized carbons (Fsp3) is 1.00. The van der Waals surface area contributed by atoms with Crippen molar-refractivity contribution in [1.29, 1.82) is 0 Å². The lowest BCUT2D eigenvalue weighted by atomic mass is 10.1. The molecule has 0 saturated carbocycles. The topological polar surface area (TPSA) is 0 Å². The van der Waals surface area contributed by atoms with E-state index in [1.165, 1.54) is 25.7 Å². The lowest BCUT2D eigenvalue weighted by molar-refractivity contribution is 0.644. The van der Waals surface area contributed by atoms with Crippen LogP contribution in [0.25, 0.3) is 0 Å². The summed E-state index contributed by atoms with van der Waals surface area (Å²) < 4.78 is 0. The lowest BCUT2D eigenvalue weighted by Gasteiger charge is -2.12. The van der Waals surface area contributed by atoms with Gasteiger partial charge in [-0.15, -0.1) is 0 Å². The van der Waals surface area contributed by atoms with Crippen molar-refractivity contribution in [2.24, 2.45) is 0 Å². The molecule has 10 heavy (non-hydrogen) atoms. The van der Waals surface area contributed by atoms with Gasteiger partial charge in [0.25, 0.3) is 0 Å². The summed E-state index contributed by atoms with van der Waals surface area (Å²) in [6.45, 7) is 4.32. The second kappa shape index (κ2) is 6.41. The van der Waals surface area contributed by atoms with Gasteiger partial charge in [-0.3, -0.25) is 0 Å². The monoisotopic (exact) mass is 178 g/mol. The van der Waals surface area contributed by atoms with Gasteiger partial charge in [0.15, 0.2) is 0 Å². The molecule has 2 atom stereocenters. The minimum Gasteiger partial charge on any atom is -0.175 e. The Bertz CT molecular complexity index is 71.7. The van der Waals surface area contributed by atoms with Gasteiger partial charge in [0, 0.05) is 10.5 Å². The summed E-state index contributed by atoms with van der Waals surface area (Å²) >= 11 is 8.74. The second-order valence-corrected chi connectivity index (χ2v) is 4.28. The van der Waals surface area contributed by atoms with Gasteiger partial charge >= 0.3 is 0 Å². The minimum absolute atomic E-state index is 0.431. The zero-order chi connectivity index (χ0) is 7.98. The quantitative estimate of drug-likeness (QED) is 0.469. The molecule has 0 nitrogen and oxygen atoms in total. The highest BCUT2D eigenvalue weighted by Crippen LogP contribution is 2.15. The van der Waals surface area contributed by atoms with Gasteiger partial charge in [0.2, 0.25) is 0 Å². The molecule has 0 aliphatic carbocycles. The molecule has 0 saturated heterocycles. The Morgan fingerprint density at radius 2 is 1.80 bits per heavy atom. The van der Waals surface area contributed by atoms with Gasteiger partial charge in [-0.25, -0.2) is 0 Å². The first kappa shape index (κ1) is 10.7. The number of hydrogen-bond acceptors (Lipinski definition) is 2. The third kappa shape index (κ3) is 5.48. The van der Waals surface area contributed by atoms with Crippen molar-refractivity contribution in [2.75, 3.05) is 0 Å². The zero-order valence-electron chi connectivity index (χ0n) is 6.88. The predicted molar refractivity (Wildman–Crippen MR) is 55.4 cm³/mol. The summed E-state index contributed by atoms with van der Waals surface area (Å²) in [7, 11) is 0. The molecule has 0 heterocycles. The summed E-state index contributed by atoms with van der Waals surface area (Å²) in [5.74, 6) is 0. The molecule has 0 bridgehead atoms. The van der Waals surface area contributed by atoms with Crippen molar-refractivity contribution in [1.82, 2.24) is 0 Å². The first-order valence-electron chi connectivity index (χ1n) is 4.04. The van der Waals surface area contributed by atoms with E-state index in [4.69, 9.17) is 0 Å². The molecular weight excluding hydrogens is 160 g/mol. The minimum atomic E-state index is 0.431. The van der Waals surface area contributed by atoms with E-state index in [1.54, 1.807) is 0 Å². The smallest absolute Gasteiger partial charge is 0.0131 e. The Balaban J connectivity index is 3.13. The van der Waals surface area contributed by atoms with Gasteiger partial charge in [0.05, 0.1) is 0 Å². The first-order chi connectivity index (χ1) is 4.68. The zero-order valence-corrected chi connectivity index (χ0v) is 8.67. The van der Waals surface area contributed by atoms with Crippen LogP contribution in [0.5, 0.6) is 0 Å². The molecule has 0 aromatic rings. The van der Waals surface area contributed by atoms with Crippen molar-refractivity contribution in [2.45, 2.75) is 50.0 Å². The molecule has 0 fully saturated rings. The van der Waals surface area contributed by atoms with Crippen molar-refractivity contribution >= 4 is 25.3 Å². The molecular formula is C8H18S2. The number of unbranched alkanes of at least 4 members (excludes halogenated alkanes) is 2. The molecule has 0 aromatic heterocycles. The van der Waals surface area contributed by atoms with Gasteiger partial charge in [-0.05, 0) is 6.42 Å². The summed E-state index contributed by atoms with van der Waals surface area (Å²) in [6.07, 6.45) is 5.14. The van der Waals surface area contributed by atoms with E-state index in [1.807, 2.05) is 0 Å². The van der Waals surface area contributed by atoms with Crippen LogP contribution in [-0.4, -0.2) is 10.5 Å². The highest BCUT2D eigenvalue weighted by atomic mass is 32.1. The van der Waals surface area contributed by atoms with Gasteiger partial charge < -0.3 is 0 Å². The second-order valence-electron chi connectivity index (χ2n) is 2.80. The van der Waals surface area contributed by atoms with Crippen LogP contribution in [0, 0.1) is 0 Å². The first-order valence-corrected chi connectivity index (χ1v) is 5.08. The molecule has 0 aromatic carbocycles. The van der Waals surface area contributed by atoms with Crippen LogP contribution in [0.3, 0.4) is 0 Å². The van der Waals surface area contributed by atoms with Gasteiger partial charge in [-0.1, -0.05) is 33.1 Å². The Kier molecular flexibility index (Phi) is 6.86. The van der Waals surface area contributed by atoms with Crippen molar-refractivity contribution < 1.29 is 0 Å². The van der Waals surface area contributed by atoms with Crippen LogP contribution >= 0.6 is 25.3 Å². The van der Waals surface area contributed by atoms with Crippen molar-refractivity contribution in [3.05, 3.63) is 0 Å². The van der Waals surface area contributed by atoms with E-state index < -0.39 is 0 Å². The van der Waals surface area contributed by atoms with Gasteiger partial charge in [-0.2, -0.15) is 25.3 Å². The summed E-state index contributed by atoms with van der Waals surface area (Å²) in [6, 6.07) is 0. The Labute approximate surface area is 75.6 Å². The van der Waals surface area contributed by atoms with Crippen LogP contribution in [0.1, 0.15) is 39.5 Å². The average Bonchev–Trinajstić information content (AvgIpc) is 1.88. The van der Waals surface area contributed by atoms with Crippen LogP contribution in [0.2, 0.25) is 0 Å². The van der Waals surface area contributed by atoms with Crippen LogP contribution in [0.4, 0.5) is 0 Å². The van der Waals surface area contributed by atoms with E-state index in [-0.39, 0.29) is 0 Å². The fourth-order valence-electron chi connectivity index (χ4n) is 0.845. The van der Waals surface area contributed by atoms with E-state index in [2.05, 4.69) is 39.1 Å². The molecule has 2 heteroatoms. The molecule has 0 spiro atoms. The highest BCUT2D eigenvalue weighted by molar-refractivity contribution is 7.85. The molecule has 0 amide bonds. The van der Waals surface area contributed by atoms with E-state index in [0.29, 0.717) is 10.5 Å². The molecule has 0 radical (unpaired) electrons. The van der Waals surface area contributed by atoms with E-state index in [0.717, 1.165) is 0 Å². The van der Waals surface area contributed by atoms with Crippen LogP contribution < -0.4 is 0 Å². The third-order valence-electron chi connectivity index (χ3n) is 1.66. The lowest BCUT2D eigenvalue weighted by Crippen LogP contribution is -2.10. The summed E-state index contributed by atoms with van der Waals surface area (Å²) in [5.41, 5.74) is 0. The third-order valence-corrected chi connectivity index (χ3v) is 2.96. The Hall–Kier alpha value is 0.700. The largest absolute Gasteiger partial charge is 0.175 e. The van der Waals surface area contributed by atoms with E-state index >= 15 is 0 Å². The SMILES string of the molecule is CCCCCC(S)C(C)S. The molecule has 0 aliphatic rings. The maximum Gasteiger partial charge on any atom is 0.0131 e. The number of rotatable bonds is 5. The molecule has 62 valence electrons. The maximum atomic E-state index is 4.42. The Morgan fingerprint density at radius 3 is 2.20 bits per heavy atom. The van der Waals surface area contributed by atoms with Crippen molar-refractivity contribution in [3.8, 4) is 0 Å². The highest BCUT2D eigenvalue weighted by Gasteiger charge is 2.06. The van der Waals surface area contributed by atoms with Crippen LogP contribution in [-0.2, 0) is 0 Å². The van der Waals surface area contributed by atoms with Gasteiger partial charge in [0.1, 0.15) is 0 Å². The maximum absolute atomic E-state index is 4.42. The fourth-order valence-corrected chi connectivity index (χ4v) is 1.18. The molecule has 0 rings (SSSR count). The standard InChI is InChI=1S/C8H18S2/c1-3-4-5-6-8(10)7(2)9/h7-10H,3-6H2,1-2H3. The normalized spacial score (nSPS) is 16.8. The molecule has 0 aliphatic heterocycles. The van der Waals surface area contributed by atoms with E-state index in [9.17, 15) is 0 Å². The predicted octanol–water partition coefficient (Wildman–Crippen LogP) is 3.18. The number of hydrogen-bond donors (Lipinski definition) is 2. The summed E-state index contributed by atoms with van der Waals surface area (Å²) in [5, 5.41) is 0.912.